The molecule has 0 unspecified atom stereocenters. The van der Waals surface area contributed by atoms with Crippen molar-refractivity contribution in [2.45, 2.75) is 90.4 Å². The van der Waals surface area contributed by atoms with E-state index in [0.29, 0.717) is 6.42 Å². The zero-order chi connectivity index (χ0) is 17.4. The largest absolute Gasteiger partial charge is 1.00 e. The molecule has 0 rings (SSSR count). The molecule has 0 radical (unpaired) electrons. The van der Waals surface area contributed by atoms with Crippen molar-refractivity contribution < 1.29 is 69.7 Å². The zero-order valence-electron chi connectivity index (χ0n) is 15.6. The van der Waals surface area contributed by atoms with Crippen molar-refractivity contribution in [3.8, 4) is 0 Å². The van der Waals surface area contributed by atoms with Gasteiger partial charge in [-0.15, -0.1) is 0 Å². The van der Waals surface area contributed by atoms with Gasteiger partial charge in [0.05, 0.1) is 18.3 Å². The smallest absolute Gasteiger partial charge is 0.549 e. The van der Waals surface area contributed by atoms with Crippen LogP contribution in [0.5, 0.6) is 0 Å². The van der Waals surface area contributed by atoms with Crippen LogP contribution in [0.4, 0.5) is 0 Å². The first-order valence-corrected chi connectivity index (χ1v) is 10.8. The summed E-state index contributed by atoms with van der Waals surface area (Å²) in [6.45, 7) is 1.60. The van der Waals surface area contributed by atoms with E-state index in [4.69, 9.17) is 0 Å². The van der Waals surface area contributed by atoms with Gasteiger partial charge in [0.15, 0.2) is 0 Å². The van der Waals surface area contributed by atoms with Gasteiger partial charge in [-0.25, -0.2) is 13.1 Å². The summed E-state index contributed by atoms with van der Waals surface area (Å²) in [6, 6.07) is 0. The fourth-order valence-corrected chi connectivity index (χ4v) is 3.62. The van der Waals surface area contributed by atoms with E-state index in [0.717, 1.165) is 19.3 Å². The Morgan fingerprint density at radius 3 is 1.54 bits per heavy atom. The van der Waals surface area contributed by atoms with Gasteiger partial charge in [0.25, 0.3) is 0 Å². The van der Waals surface area contributed by atoms with Crippen LogP contribution in [0.1, 0.15) is 90.4 Å². The first-order chi connectivity index (χ1) is 11.0. The Labute approximate surface area is 191 Å². The summed E-state index contributed by atoms with van der Waals surface area (Å²) in [5.41, 5.74) is 0. The van der Waals surface area contributed by atoms with E-state index < -0.39 is 22.5 Å². The molecular formula is C17H34KNO4S. The van der Waals surface area contributed by atoms with E-state index >= 15 is 0 Å². The van der Waals surface area contributed by atoms with Crippen LogP contribution in [0.2, 0.25) is 0 Å². The molecule has 7 heteroatoms. The molecule has 0 aliphatic rings. The summed E-state index contributed by atoms with van der Waals surface area (Å²) in [4.78, 5) is 10.2. The number of hydrogen-bond donors (Lipinski definition) is 1. The van der Waals surface area contributed by atoms with Crippen LogP contribution in [-0.4, -0.2) is 26.7 Å². The summed E-state index contributed by atoms with van der Waals surface area (Å²) in [5, 5.41) is 10.2. The van der Waals surface area contributed by atoms with Crippen molar-refractivity contribution in [3.05, 3.63) is 0 Å². The Morgan fingerprint density at radius 2 is 1.17 bits per heavy atom. The van der Waals surface area contributed by atoms with Crippen LogP contribution in [0.25, 0.3) is 0 Å². The van der Waals surface area contributed by atoms with Gasteiger partial charge < -0.3 is 9.90 Å². The minimum atomic E-state index is -3.46. The number of nitrogens with one attached hydrogen (secondary N) is 1. The molecular weight excluding hydrogens is 353 g/mol. The summed E-state index contributed by atoms with van der Waals surface area (Å²) in [7, 11) is -3.46. The number of carboxylic acids is 1. The Hall–Kier alpha value is 1.02. The maximum atomic E-state index is 11.4. The van der Waals surface area contributed by atoms with E-state index in [1.54, 1.807) is 0 Å². The zero-order valence-corrected chi connectivity index (χ0v) is 19.6. The van der Waals surface area contributed by atoms with Crippen molar-refractivity contribution in [2.24, 2.45) is 0 Å². The fraction of sp³-hybridized carbons (Fsp3) is 0.941. The molecule has 138 valence electrons. The number of hydrogen-bond acceptors (Lipinski definition) is 4. The molecule has 0 heterocycles. The van der Waals surface area contributed by atoms with Gasteiger partial charge in [0.1, 0.15) is 0 Å². The second kappa shape index (κ2) is 18.8. The molecule has 24 heavy (non-hydrogen) atoms. The Bertz CT molecular complexity index is 388. The third kappa shape index (κ3) is 21.1. The van der Waals surface area contributed by atoms with E-state index in [-0.39, 0.29) is 57.1 Å². The molecule has 0 atom stereocenters. The van der Waals surface area contributed by atoms with E-state index in [1.165, 1.54) is 57.8 Å². The molecule has 0 aliphatic carbocycles. The minimum absolute atomic E-state index is 0. The summed E-state index contributed by atoms with van der Waals surface area (Å²) in [5.74, 6) is -1.41. The van der Waals surface area contributed by atoms with E-state index in [1.807, 2.05) is 4.72 Å². The number of unbranched alkanes of at least 4 members (excludes halogenated alkanes) is 12. The standard InChI is InChI=1S/C17H35NO4S.K/c1-2-3-4-5-6-7-8-9-10-11-12-13-14-15-23(21,22)18-16-17(19)20;/h18H,2-16H2,1H3,(H,19,20);/q;+1/p-1. The molecule has 0 saturated carbocycles. The number of carbonyl (C=O) groups is 1. The van der Waals surface area contributed by atoms with Crippen molar-refractivity contribution >= 4 is 16.0 Å². The average Bonchev–Trinajstić information content (AvgIpc) is 2.50. The number of sulfonamides is 1. The normalized spacial score (nSPS) is 11.2. The SMILES string of the molecule is CCCCCCCCCCCCCCCS(=O)(=O)NCC(=O)[O-].[K+]. The quantitative estimate of drug-likeness (QED) is 0.275. The number of carboxylic acid groups (broad SMARTS) is 1. The van der Waals surface area contributed by atoms with Crippen molar-refractivity contribution in [3.63, 3.8) is 0 Å². The van der Waals surface area contributed by atoms with E-state index in [9.17, 15) is 18.3 Å². The number of aliphatic carboxylic acids is 1. The van der Waals surface area contributed by atoms with Gasteiger partial charge in [0, 0.05) is 0 Å². The van der Waals surface area contributed by atoms with Crippen LogP contribution >= 0.6 is 0 Å². The fourth-order valence-electron chi connectivity index (χ4n) is 2.55. The van der Waals surface area contributed by atoms with Crippen LogP contribution in [0, 0.1) is 0 Å². The van der Waals surface area contributed by atoms with E-state index in [2.05, 4.69) is 6.92 Å². The number of carbonyl (C=O) groups excluding carboxylic acids is 1. The van der Waals surface area contributed by atoms with Gasteiger partial charge in [-0.3, -0.25) is 0 Å². The van der Waals surface area contributed by atoms with Crippen LogP contribution < -0.4 is 61.2 Å². The molecule has 0 spiro atoms. The van der Waals surface area contributed by atoms with Crippen molar-refractivity contribution in [2.75, 3.05) is 12.3 Å². The first kappa shape index (κ1) is 27.2. The molecule has 1 N–H and O–H groups in total. The third-order valence-electron chi connectivity index (χ3n) is 3.95. The third-order valence-corrected chi connectivity index (χ3v) is 5.36. The Morgan fingerprint density at radius 1 is 0.792 bits per heavy atom. The van der Waals surface area contributed by atoms with Gasteiger partial charge >= 0.3 is 51.4 Å². The Kier molecular flexibility index (Phi) is 21.3. The molecule has 0 aromatic heterocycles. The molecule has 0 aromatic carbocycles. The maximum absolute atomic E-state index is 11.4. The van der Waals surface area contributed by atoms with Gasteiger partial charge in [0.2, 0.25) is 10.0 Å². The number of rotatable bonds is 17. The maximum Gasteiger partial charge on any atom is 1.00 e. The van der Waals surface area contributed by atoms with Crippen LogP contribution in [0.3, 0.4) is 0 Å². The Balaban J connectivity index is 0. The predicted molar refractivity (Wildman–Crippen MR) is 92.5 cm³/mol. The van der Waals surface area contributed by atoms with Crippen molar-refractivity contribution in [1.29, 1.82) is 0 Å². The average molecular weight is 388 g/mol. The van der Waals surface area contributed by atoms with Crippen molar-refractivity contribution in [1.82, 2.24) is 4.72 Å². The molecule has 0 aliphatic heterocycles. The minimum Gasteiger partial charge on any atom is -0.549 e. The summed E-state index contributed by atoms with van der Waals surface area (Å²) in [6.07, 6.45) is 15.6. The molecule has 5 nitrogen and oxygen atoms in total. The van der Waals surface area contributed by atoms with Crippen LogP contribution in [0.15, 0.2) is 0 Å². The first-order valence-electron chi connectivity index (χ1n) is 9.15. The summed E-state index contributed by atoms with van der Waals surface area (Å²) < 4.78 is 24.9. The summed E-state index contributed by atoms with van der Waals surface area (Å²) >= 11 is 0. The molecule has 0 aromatic rings. The second-order valence-corrected chi connectivity index (χ2v) is 8.18. The van der Waals surface area contributed by atoms with Gasteiger partial charge in [-0.05, 0) is 6.42 Å². The van der Waals surface area contributed by atoms with Gasteiger partial charge in [-0.2, -0.15) is 0 Å². The molecule has 0 saturated heterocycles. The monoisotopic (exact) mass is 387 g/mol. The van der Waals surface area contributed by atoms with Gasteiger partial charge in [-0.1, -0.05) is 84.0 Å². The molecule has 0 bridgehead atoms. The predicted octanol–water partition coefficient (Wildman–Crippen LogP) is -0.249. The molecule has 0 fully saturated rings. The van der Waals surface area contributed by atoms with Crippen LogP contribution in [-0.2, 0) is 14.8 Å². The second-order valence-electron chi connectivity index (χ2n) is 6.25. The topological polar surface area (TPSA) is 86.3 Å². The molecule has 0 amide bonds.